The first-order chi connectivity index (χ1) is 7.19. The molecule has 3 heteroatoms. The van der Waals surface area contributed by atoms with Crippen molar-refractivity contribution in [3.63, 3.8) is 0 Å². The van der Waals surface area contributed by atoms with Crippen molar-refractivity contribution >= 4 is 0 Å². The Kier molecular flexibility index (Phi) is 1.87. The molecular weight excluding hydrogens is 186 g/mol. The van der Waals surface area contributed by atoms with Crippen LogP contribution in [0.1, 0.15) is 48.5 Å². The van der Waals surface area contributed by atoms with E-state index >= 15 is 0 Å². The van der Waals surface area contributed by atoms with Gasteiger partial charge in [0.05, 0.1) is 5.54 Å². The zero-order chi connectivity index (χ0) is 10.5. The summed E-state index contributed by atoms with van der Waals surface area (Å²) >= 11 is 0. The smallest absolute Gasteiger partial charge is 0.148 e. The van der Waals surface area contributed by atoms with Gasteiger partial charge < -0.3 is 5.73 Å². The number of fused-ring (bicyclic) bond motifs is 1. The quantitative estimate of drug-likeness (QED) is 0.754. The minimum Gasteiger partial charge on any atom is -0.319 e. The van der Waals surface area contributed by atoms with Gasteiger partial charge in [0.25, 0.3) is 0 Å². The van der Waals surface area contributed by atoms with Crippen LogP contribution in [0.5, 0.6) is 0 Å². The third kappa shape index (κ3) is 1.46. The molecular formula is C12H17N3. The number of hydrogen-bond acceptors (Lipinski definition) is 3. The van der Waals surface area contributed by atoms with E-state index in [9.17, 15) is 0 Å². The van der Waals surface area contributed by atoms with E-state index in [1.807, 2.05) is 0 Å². The van der Waals surface area contributed by atoms with Crippen molar-refractivity contribution in [1.82, 2.24) is 9.97 Å². The summed E-state index contributed by atoms with van der Waals surface area (Å²) < 4.78 is 0. The van der Waals surface area contributed by atoms with E-state index in [0.29, 0.717) is 0 Å². The van der Waals surface area contributed by atoms with Crippen LogP contribution < -0.4 is 5.73 Å². The van der Waals surface area contributed by atoms with Crippen LogP contribution in [-0.4, -0.2) is 9.97 Å². The average Bonchev–Trinajstić information content (AvgIpc) is 2.98. The zero-order valence-corrected chi connectivity index (χ0v) is 9.21. The maximum absolute atomic E-state index is 6.14. The molecule has 15 heavy (non-hydrogen) atoms. The van der Waals surface area contributed by atoms with Crippen molar-refractivity contribution in [3.8, 4) is 0 Å². The predicted molar refractivity (Wildman–Crippen MR) is 58.5 cm³/mol. The van der Waals surface area contributed by atoms with Gasteiger partial charge in [-0.25, -0.2) is 9.97 Å². The van der Waals surface area contributed by atoms with E-state index in [1.165, 1.54) is 24.1 Å². The molecule has 1 aromatic heterocycles. The summed E-state index contributed by atoms with van der Waals surface area (Å²) in [5.41, 5.74) is 9.77. The van der Waals surface area contributed by atoms with Gasteiger partial charge in [0.1, 0.15) is 5.82 Å². The van der Waals surface area contributed by atoms with Gasteiger partial charge in [0.2, 0.25) is 0 Å². The van der Waals surface area contributed by atoms with E-state index in [1.54, 1.807) is 0 Å². The Morgan fingerprint density at radius 1 is 1.13 bits per heavy atom. The highest BCUT2D eigenvalue weighted by Gasteiger charge is 2.43. The van der Waals surface area contributed by atoms with Gasteiger partial charge in [0, 0.05) is 11.4 Å². The number of nitrogens with two attached hydrogens (primary N) is 1. The third-order valence-corrected chi connectivity index (χ3v) is 3.62. The molecule has 2 aliphatic rings. The Hall–Kier alpha value is -0.960. The van der Waals surface area contributed by atoms with Gasteiger partial charge in [-0.05, 0) is 51.0 Å². The summed E-state index contributed by atoms with van der Waals surface area (Å²) in [7, 11) is 0. The molecule has 0 aliphatic heterocycles. The van der Waals surface area contributed by atoms with Gasteiger partial charge in [-0.15, -0.1) is 0 Å². The Labute approximate surface area is 90.1 Å². The highest BCUT2D eigenvalue weighted by Crippen LogP contribution is 2.41. The summed E-state index contributed by atoms with van der Waals surface area (Å²) in [6.07, 6.45) is 6.90. The second kappa shape index (κ2) is 3.01. The molecule has 1 saturated carbocycles. The van der Waals surface area contributed by atoms with Crippen LogP contribution in [0.3, 0.4) is 0 Å². The Morgan fingerprint density at radius 3 is 2.60 bits per heavy atom. The molecule has 3 nitrogen and oxygen atoms in total. The third-order valence-electron chi connectivity index (χ3n) is 3.62. The molecule has 0 bridgehead atoms. The summed E-state index contributed by atoms with van der Waals surface area (Å²) in [6, 6.07) is 0. The highest BCUT2D eigenvalue weighted by molar-refractivity contribution is 5.30. The number of hydrogen-bond donors (Lipinski definition) is 1. The fourth-order valence-electron chi connectivity index (χ4n) is 2.36. The molecule has 2 N–H and O–H groups in total. The van der Waals surface area contributed by atoms with Crippen molar-refractivity contribution in [3.05, 3.63) is 22.8 Å². The molecule has 80 valence electrons. The lowest BCUT2D eigenvalue weighted by atomic mass is 9.95. The lowest BCUT2D eigenvalue weighted by Gasteiger charge is -2.19. The summed E-state index contributed by atoms with van der Waals surface area (Å²) in [5, 5.41) is 0. The predicted octanol–water partition coefficient (Wildman–Crippen LogP) is 1.61. The molecule has 0 radical (unpaired) electrons. The number of aromatic nitrogens is 2. The lowest BCUT2D eigenvalue weighted by Crippen LogP contribution is -2.25. The van der Waals surface area contributed by atoms with Crippen molar-refractivity contribution < 1.29 is 0 Å². The fourth-order valence-corrected chi connectivity index (χ4v) is 2.36. The van der Waals surface area contributed by atoms with E-state index in [0.717, 1.165) is 37.2 Å². The van der Waals surface area contributed by atoms with Gasteiger partial charge in [-0.2, -0.15) is 0 Å². The number of rotatable bonds is 1. The molecule has 0 unspecified atom stereocenters. The molecule has 3 rings (SSSR count). The monoisotopic (exact) mass is 203 g/mol. The molecule has 0 spiro atoms. The first kappa shape index (κ1) is 9.28. The molecule has 1 heterocycles. The first-order valence-corrected chi connectivity index (χ1v) is 5.85. The van der Waals surface area contributed by atoms with Crippen LogP contribution in [0, 0.1) is 6.92 Å². The Morgan fingerprint density at radius 2 is 1.87 bits per heavy atom. The van der Waals surface area contributed by atoms with E-state index in [4.69, 9.17) is 5.73 Å². The molecule has 1 aromatic rings. The number of nitrogens with zero attached hydrogens (tertiary/aromatic N) is 2. The van der Waals surface area contributed by atoms with Crippen molar-refractivity contribution in [2.24, 2.45) is 5.73 Å². The molecule has 0 saturated heterocycles. The topological polar surface area (TPSA) is 51.8 Å². The fraction of sp³-hybridized carbons (Fsp3) is 0.667. The van der Waals surface area contributed by atoms with Crippen LogP contribution in [0.25, 0.3) is 0 Å². The first-order valence-electron chi connectivity index (χ1n) is 5.85. The second-order valence-electron chi connectivity index (χ2n) is 4.92. The van der Waals surface area contributed by atoms with Crippen LogP contribution in [-0.2, 0) is 18.4 Å². The highest BCUT2D eigenvalue weighted by atomic mass is 15.0. The zero-order valence-electron chi connectivity index (χ0n) is 9.21. The Balaban J connectivity index is 2.08. The Bertz CT molecular complexity index is 408. The molecule has 0 amide bonds. The maximum Gasteiger partial charge on any atom is 0.148 e. The van der Waals surface area contributed by atoms with E-state index in [2.05, 4.69) is 16.9 Å². The summed E-state index contributed by atoms with van der Waals surface area (Å²) in [4.78, 5) is 9.26. The van der Waals surface area contributed by atoms with E-state index < -0.39 is 0 Å². The molecule has 0 atom stereocenters. The normalized spacial score (nSPS) is 22.3. The number of aryl methyl sites for hydroxylation is 2. The van der Waals surface area contributed by atoms with Crippen LogP contribution >= 0.6 is 0 Å². The van der Waals surface area contributed by atoms with E-state index in [-0.39, 0.29) is 5.54 Å². The van der Waals surface area contributed by atoms with Gasteiger partial charge in [0.15, 0.2) is 0 Å². The molecule has 1 fully saturated rings. The largest absolute Gasteiger partial charge is 0.319 e. The molecule has 2 aliphatic carbocycles. The SMILES string of the molecule is Cc1nc(C2(N)CC2)nc2c1CCCC2. The van der Waals surface area contributed by atoms with Gasteiger partial charge >= 0.3 is 0 Å². The second-order valence-corrected chi connectivity index (χ2v) is 4.92. The maximum atomic E-state index is 6.14. The standard InChI is InChI=1S/C12H17N3/c1-8-9-4-2-3-5-10(9)15-11(14-8)12(13)6-7-12/h2-7,13H2,1H3. The van der Waals surface area contributed by atoms with Gasteiger partial charge in [-0.1, -0.05) is 0 Å². The minimum atomic E-state index is -0.183. The average molecular weight is 203 g/mol. The summed E-state index contributed by atoms with van der Waals surface area (Å²) in [6.45, 7) is 2.10. The van der Waals surface area contributed by atoms with Crippen molar-refractivity contribution in [2.45, 2.75) is 51.0 Å². The van der Waals surface area contributed by atoms with Crippen LogP contribution in [0.4, 0.5) is 0 Å². The van der Waals surface area contributed by atoms with Gasteiger partial charge in [-0.3, -0.25) is 0 Å². The molecule has 0 aromatic carbocycles. The lowest BCUT2D eigenvalue weighted by molar-refractivity contribution is 0.611. The minimum absolute atomic E-state index is 0.183. The van der Waals surface area contributed by atoms with Crippen molar-refractivity contribution in [1.29, 1.82) is 0 Å². The summed E-state index contributed by atoms with van der Waals surface area (Å²) in [5.74, 6) is 0.889. The van der Waals surface area contributed by atoms with Crippen molar-refractivity contribution in [2.75, 3.05) is 0 Å². The van der Waals surface area contributed by atoms with Crippen LogP contribution in [0.15, 0.2) is 0 Å². The van der Waals surface area contributed by atoms with Crippen LogP contribution in [0.2, 0.25) is 0 Å².